The van der Waals surface area contributed by atoms with Crippen molar-refractivity contribution in [3.05, 3.63) is 41.8 Å². The van der Waals surface area contributed by atoms with Gasteiger partial charge >= 0.3 is 0 Å². The number of hydrogen-bond acceptors (Lipinski definition) is 2. The van der Waals surface area contributed by atoms with Crippen LogP contribution in [0.2, 0.25) is 0 Å². The van der Waals surface area contributed by atoms with Crippen molar-refractivity contribution in [3.63, 3.8) is 0 Å². The van der Waals surface area contributed by atoms with Crippen LogP contribution in [-0.4, -0.2) is 11.3 Å². The van der Waals surface area contributed by atoms with Crippen molar-refractivity contribution in [3.8, 4) is 0 Å². The van der Waals surface area contributed by atoms with Crippen LogP contribution >= 0.6 is 0 Å². The molecule has 3 heteroatoms. The molecular formula is C10H6FNO. The number of pyridine rings is 1. The van der Waals surface area contributed by atoms with Crippen LogP contribution in [0, 0.1) is 5.82 Å². The van der Waals surface area contributed by atoms with E-state index in [1.807, 2.05) is 0 Å². The minimum Gasteiger partial charge on any atom is -0.296 e. The lowest BCUT2D eigenvalue weighted by Gasteiger charge is -1.96. The normalized spacial score (nSPS) is 10.2. The van der Waals surface area contributed by atoms with Gasteiger partial charge in [0.15, 0.2) is 6.29 Å². The van der Waals surface area contributed by atoms with E-state index in [1.165, 1.54) is 12.1 Å². The summed E-state index contributed by atoms with van der Waals surface area (Å²) in [4.78, 5) is 14.3. The van der Waals surface area contributed by atoms with Crippen LogP contribution in [0.1, 0.15) is 10.5 Å². The fourth-order valence-electron chi connectivity index (χ4n) is 1.17. The summed E-state index contributed by atoms with van der Waals surface area (Å²) >= 11 is 0. The van der Waals surface area contributed by atoms with Crippen LogP contribution in [0.5, 0.6) is 0 Å². The molecule has 0 bridgehead atoms. The summed E-state index contributed by atoms with van der Waals surface area (Å²) in [7, 11) is 0. The Morgan fingerprint density at radius 2 is 2.00 bits per heavy atom. The smallest absolute Gasteiger partial charge is 0.168 e. The average Bonchev–Trinajstić information content (AvgIpc) is 2.16. The fraction of sp³-hybridized carbons (Fsp3) is 0. The first kappa shape index (κ1) is 7.86. The molecule has 2 rings (SSSR count). The number of aldehydes is 1. The van der Waals surface area contributed by atoms with Gasteiger partial charge in [-0.05, 0) is 18.2 Å². The van der Waals surface area contributed by atoms with Crippen LogP contribution in [0.25, 0.3) is 10.9 Å². The second-order valence-electron chi connectivity index (χ2n) is 2.69. The van der Waals surface area contributed by atoms with Crippen LogP contribution in [0.3, 0.4) is 0 Å². The molecule has 1 aromatic heterocycles. The van der Waals surface area contributed by atoms with E-state index >= 15 is 0 Å². The second kappa shape index (κ2) is 2.94. The van der Waals surface area contributed by atoms with E-state index < -0.39 is 0 Å². The number of hydrogen-bond donors (Lipinski definition) is 0. The standard InChI is InChI=1S/C10H6FNO/c11-8-3-1-7-2-4-9(6-13)12-10(7)5-8/h1-6H. The predicted octanol–water partition coefficient (Wildman–Crippen LogP) is 2.19. The summed E-state index contributed by atoms with van der Waals surface area (Å²) in [5, 5.41) is 0.826. The Morgan fingerprint density at radius 1 is 1.23 bits per heavy atom. The average molecular weight is 175 g/mol. The zero-order valence-corrected chi connectivity index (χ0v) is 6.70. The molecule has 0 unspecified atom stereocenters. The predicted molar refractivity (Wildman–Crippen MR) is 47.1 cm³/mol. The molecule has 0 aliphatic rings. The Morgan fingerprint density at radius 3 is 2.77 bits per heavy atom. The van der Waals surface area contributed by atoms with Crippen molar-refractivity contribution in [2.24, 2.45) is 0 Å². The maximum atomic E-state index is 12.7. The SMILES string of the molecule is O=Cc1ccc2ccc(F)cc2n1. The van der Waals surface area contributed by atoms with Gasteiger partial charge in [-0.1, -0.05) is 6.07 Å². The third-order valence-corrected chi connectivity index (χ3v) is 1.80. The first-order valence-electron chi connectivity index (χ1n) is 3.81. The lowest BCUT2D eigenvalue weighted by atomic mass is 10.2. The topological polar surface area (TPSA) is 30.0 Å². The lowest BCUT2D eigenvalue weighted by molar-refractivity contribution is 0.111. The molecule has 1 aromatic carbocycles. The fourth-order valence-corrected chi connectivity index (χ4v) is 1.17. The Labute approximate surface area is 74.0 Å². The van der Waals surface area contributed by atoms with E-state index in [-0.39, 0.29) is 5.82 Å². The molecule has 0 saturated carbocycles. The van der Waals surface area contributed by atoms with E-state index in [4.69, 9.17) is 0 Å². The zero-order chi connectivity index (χ0) is 9.26. The number of rotatable bonds is 1. The van der Waals surface area contributed by atoms with Gasteiger partial charge in [-0.2, -0.15) is 0 Å². The van der Waals surface area contributed by atoms with Crippen molar-refractivity contribution in [2.75, 3.05) is 0 Å². The summed E-state index contributed by atoms with van der Waals surface area (Å²) < 4.78 is 12.7. The number of fused-ring (bicyclic) bond motifs is 1. The number of carbonyl (C=O) groups is 1. The van der Waals surface area contributed by atoms with Gasteiger partial charge in [0.25, 0.3) is 0 Å². The number of carbonyl (C=O) groups excluding carboxylic acids is 1. The molecule has 2 aromatic rings. The van der Waals surface area contributed by atoms with Gasteiger partial charge in [-0.15, -0.1) is 0 Å². The van der Waals surface area contributed by atoms with Gasteiger partial charge in [0.2, 0.25) is 0 Å². The highest BCUT2D eigenvalue weighted by molar-refractivity contribution is 5.83. The molecule has 13 heavy (non-hydrogen) atoms. The Bertz CT molecular complexity index is 467. The Hall–Kier alpha value is -1.77. The molecule has 1 heterocycles. The zero-order valence-electron chi connectivity index (χ0n) is 6.70. The van der Waals surface area contributed by atoms with E-state index in [2.05, 4.69) is 4.98 Å². The highest BCUT2D eigenvalue weighted by atomic mass is 19.1. The van der Waals surface area contributed by atoms with Crippen molar-refractivity contribution in [1.29, 1.82) is 0 Å². The largest absolute Gasteiger partial charge is 0.296 e. The van der Waals surface area contributed by atoms with Gasteiger partial charge < -0.3 is 0 Å². The number of halogens is 1. The molecule has 0 N–H and O–H groups in total. The third-order valence-electron chi connectivity index (χ3n) is 1.80. The van der Waals surface area contributed by atoms with Crippen molar-refractivity contribution < 1.29 is 9.18 Å². The van der Waals surface area contributed by atoms with Crippen molar-refractivity contribution in [2.45, 2.75) is 0 Å². The van der Waals surface area contributed by atoms with Crippen LogP contribution < -0.4 is 0 Å². The maximum absolute atomic E-state index is 12.7. The molecule has 0 radical (unpaired) electrons. The summed E-state index contributed by atoms with van der Waals surface area (Å²) in [6.07, 6.45) is 0.643. The van der Waals surface area contributed by atoms with Crippen molar-refractivity contribution in [1.82, 2.24) is 4.98 Å². The minimum atomic E-state index is -0.344. The molecular weight excluding hydrogens is 169 g/mol. The molecule has 0 saturated heterocycles. The minimum absolute atomic E-state index is 0.318. The van der Waals surface area contributed by atoms with Crippen LogP contribution in [0.4, 0.5) is 4.39 Å². The van der Waals surface area contributed by atoms with Gasteiger partial charge in [-0.25, -0.2) is 9.37 Å². The number of benzene rings is 1. The van der Waals surface area contributed by atoms with Gasteiger partial charge in [0.05, 0.1) is 5.52 Å². The van der Waals surface area contributed by atoms with Crippen LogP contribution in [-0.2, 0) is 0 Å². The summed E-state index contributed by atoms with van der Waals surface area (Å²) in [6, 6.07) is 7.65. The van der Waals surface area contributed by atoms with Crippen LogP contribution in [0.15, 0.2) is 30.3 Å². The number of aromatic nitrogens is 1. The lowest BCUT2D eigenvalue weighted by Crippen LogP contribution is -1.87. The molecule has 2 nitrogen and oxygen atoms in total. The third kappa shape index (κ3) is 1.40. The van der Waals surface area contributed by atoms with Gasteiger partial charge in [-0.3, -0.25) is 4.79 Å². The summed E-state index contributed by atoms with van der Waals surface area (Å²) in [5.74, 6) is -0.344. The molecule has 0 atom stereocenters. The highest BCUT2D eigenvalue weighted by Gasteiger charge is 1.98. The second-order valence-corrected chi connectivity index (χ2v) is 2.69. The quantitative estimate of drug-likeness (QED) is 0.622. The van der Waals surface area contributed by atoms with Gasteiger partial charge in [0, 0.05) is 11.5 Å². The monoisotopic (exact) mass is 175 g/mol. The summed E-state index contributed by atoms with van der Waals surface area (Å²) in [6.45, 7) is 0. The first-order valence-corrected chi connectivity index (χ1v) is 3.81. The van der Waals surface area contributed by atoms with Gasteiger partial charge in [0.1, 0.15) is 11.5 Å². The van der Waals surface area contributed by atoms with E-state index in [1.54, 1.807) is 18.2 Å². The van der Waals surface area contributed by atoms with E-state index in [0.717, 1.165) is 5.39 Å². The molecule has 0 fully saturated rings. The molecule has 0 aliphatic heterocycles. The van der Waals surface area contributed by atoms with Crippen molar-refractivity contribution >= 4 is 17.2 Å². The Kier molecular flexibility index (Phi) is 1.77. The molecule has 0 aliphatic carbocycles. The number of nitrogens with zero attached hydrogens (tertiary/aromatic N) is 1. The molecule has 0 spiro atoms. The first-order chi connectivity index (χ1) is 6.29. The molecule has 0 amide bonds. The van der Waals surface area contributed by atoms with E-state index in [0.29, 0.717) is 17.5 Å². The highest BCUT2D eigenvalue weighted by Crippen LogP contribution is 2.13. The summed E-state index contributed by atoms with van der Waals surface area (Å²) in [5.41, 5.74) is 0.822. The van der Waals surface area contributed by atoms with E-state index in [9.17, 15) is 9.18 Å². The Balaban J connectivity index is 2.74. The molecule has 64 valence electrons. The maximum Gasteiger partial charge on any atom is 0.168 e.